The van der Waals surface area contributed by atoms with Gasteiger partial charge in [0, 0.05) is 18.8 Å². The Morgan fingerprint density at radius 3 is 3.18 bits per heavy atom. The summed E-state index contributed by atoms with van der Waals surface area (Å²) in [5, 5.41) is 9.48. The summed E-state index contributed by atoms with van der Waals surface area (Å²) < 4.78 is 0. The Bertz CT molecular complexity index is 435. The van der Waals surface area contributed by atoms with Crippen molar-refractivity contribution in [2.45, 2.75) is 45.1 Å². The van der Waals surface area contributed by atoms with Crippen LogP contribution in [0.1, 0.15) is 48.7 Å². The number of hydrogen-bond acceptors (Lipinski definition) is 3. The van der Waals surface area contributed by atoms with E-state index in [9.17, 15) is 9.90 Å². The van der Waals surface area contributed by atoms with Gasteiger partial charge >= 0.3 is 0 Å². The summed E-state index contributed by atoms with van der Waals surface area (Å²) in [6, 6.07) is 0. The van der Waals surface area contributed by atoms with Crippen molar-refractivity contribution in [3.63, 3.8) is 0 Å². The average Bonchev–Trinajstić information content (AvgIpc) is 2.74. The summed E-state index contributed by atoms with van der Waals surface area (Å²) in [7, 11) is 0. The first-order valence-electron chi connectivity index (χ1n) is 6.16. The summed E-state index contributed by atoms with van der Waals surface area (Å²) >= 11 is 0. The Hall–Kier alpha value is -1.42. The van der Waals surface area contributed by atoms with Crippen LogP contribution in [0, 0.1) is 0 Å². The third-order valence-corrected chi connectivity index (χ3v) is 3.16. The highest BCUT2D eigenvalue weighted by atomic mass is 16.3. The summed E-state index contributed by atoms with van der Waals surface area (Å²) in [5.74, 6) is 0.106. The first-order chi connectivity index (χ1) is 8.22. The molecule has 17 heavy (non-hydrogen) atoms. The Morgan fingerprint density at radius 2 is 2.41 bits per heavy atom. The lowest BCUT2D eigenvalue weighted by atomic mass is 10.0. The van der Waals surface area contributed by atoms with Crippen molar-refractivity contribution < 1.29 is 9.90 Å². The molecule has 0 aromatic carbocycles. The molecule has 2 heterocycles. The molecule has 1 aromatic heterocycles. The molecular formula is C13H18N2O2. The number of Topliss-reactive ketones (excluding diaryl/α,β-unsaturated/α-hetero) is 1. The smallest absolute Gasteiger partial charge is 0.186 e. The molecule has 4 heteroatoms. The van der Waals surface area contributed by atoms with Crippen molar-refractivity contribution in [2.75, 3.05) is 0 Å². The number of aliphatic hydroxyl groups is 1. The number of aromatic amines is 1. The van der Waals surface area contributed by atoms with E-state index in [2.05, 4.69) is 9.98 Å². The first kappa shape index (κ1) is 12.0. The fourth-order valence-electron chi connectivity index (χ4n) is 2.06. The van der Waals surface area contributed by atoms with Gasteiger partial charge in [-0.15, -0.1) is 0 Å². The second-order valence-corrected chi connectivity index (χ2v) is 4.43. The number of aliphatic imine (C=N–C) groups is 1. The average molecular weight is 234 g/mol. The summed E-state index contributed by atoms with van der Waals surface area (Å²) in [6.07, 6.45) is 7.08. The van der Waals surface area contributed by atoms with Crippen LogP contribution in [0.5, 0.6) is 0 Å². The van der Waals surface area contributed by atoms with E-state index < -0.39 is 0 Å². The van der Waals surface area contributed by atoms with Crippen molar-refractivity contribution in [3.05, 3.63) is 17.5 Å². The zero-order chi connectivity index (χ0) is 12.3. The maximum atomic E-state index is 11.6. The van der Waals surface area contributed by atoms with Crippen molar-refractivity contribution in [1.29, 1.82) is 0 Å². The molecule has 1 aromatic rings. The van der Waals surface area contributed by atoms with Gasteiger partial charge in [-0.2, -0.15) is 0 Å². The van der Waals surface area contributed by atoms with Gasteiger partial charge in [-0.25, -0.2) is 0 Å². The van der Waals surface area contributed by atoms with Crippen LogP contribution in [0.4, 0.5) is 5.69 Å². The first-order valence-corrected chi connectivity index (χ1v) is 6.16. The Balaban J connectivity index is 1.99. The van der Waals surface area contributed by atoms with Crippen molar-refractivity contribution in [2.24, 2.45) is 4.99 Å². The summed E-state index contributed by atoms with van der Waals surface area (Å²) in [5.41, 5.74) is 2.51. The van der Waals surface area contributed by atoms with Gasteiger partial charge in [0.2, 0.25) is 0 Å². The number of nitrogens with one attached hydrogen (secondary N) is 1. The number of hydrogen-bond donors (Lipinski definition) is 2. The quantitative estimate of drug-likeness (QED) is 0.821. The molecule has 1 aliphatic rings. The van der Waals surface area contributed by atoms with E-state index >= 15 is 0 Å². The Morgan fingerprint density at radius 1 is 1.59 bits per heavy atom. The van der Waals surface area contributed by atoms with Gasteiger partial charge in [-0.1, -0.05) is 6.92 Å². The zero-order valence-corrected chi connectivity index (χ0v) is 10.1. The largest absolute Gasteiger partial charge is 0.393 e. The molecule has 1 aliphatic heterocycles. The molecule has 0 bridgehead atoms. The molecule has 1 atom stereocenters. The van der Waals surface area contributed by atoms with E-state index in [1.54, 1.807) is 6.21 Å². The lowest BCUT2D eigenvalue weighted by molar-refractivity contribution is 0.0997. The second-order valence-electron chi connectivity index (χ2n) is 4.43. The van der Waals surface area contributed by atoms with Gasteiger partial charge in [-0.3, -0.25) is 9.79 Å². The normalized spacial score (nSPS) is 16.0. The molecule has 2 rings (SSSR count). The van der Waals surface area contributed by atoms with Gasteiger partial charge in [0.15, 0.2) is 5.78 Å². The van der Waals surface area contributed by atoms with Gasteiger partial charge in [0.1, 0.15) is 5.69 Å². The number of aryl methyl sites for hydroxylation is 1. The Kier molecular flexibility index (Phi) is 3.74. The standard InChI is InChI=1S/C13H18N2O2/c1-2-10(16)5-3-4-9-8-15-13-11(17)6-7-14-12(9)13/h7-8,10,15-16H,2-6H2,1H3/t10-/m1/s1. The molecule has 0 spiro atoms. The molecule has 2 N–H and O–H groups in total. The fourth-order valence-corrected chi connectivity index (χ4v) is 2.06. The molecule has 0 amide bonds. The molecule has 92 valence electrons. The van der Waals surface area contributed by atoms with Crippen molar-refractivity contribution >= 4 is 17.7 Å². The summed E-state index contributed by atoms with van der Waals surface area (Å²) in [4.78, 5) is 18.8. The number of carbonyl (C=O) groups excluding carboxylic acids is 1. The number of aromatic nitrogens is 1. The predicted molar refractivity (Wildman–Crippen MR) is 67.1 cm³/mol. The maximum absolute atomic E-state index is 11.6. The number of H-pyrrole nitrogens is 1. The highest BCUT2D eigenvalue weighted by Gasteiger charge is 2.19. The van der Waals surface area contributed by atoms with Crippen molar-refractivity contribution in [3.8, 4) is 0 Å². The second kappa shape index (κ2) is 5.27. The molecule has 0 fully saturated rings. The van der Waals surface area contributed by atoms with Crippen LogP contribution < -0.4 is 0 Å². The van der Waals surface area contributed by atoms with Gasteiger partial charge < -0.3 is 10.1 Å². The molecule has 4 nitrogen and oxygen atoms in total. The van der Waals surface area contributed by atoms with Crippen LogP contribution >= 0.6 is 0 Å². The SMILES string of the molecule is CC[C@@H](O)CCCc1c[nH]c2c1N=CCC2=O. The van der Waals surface area contributed by atoms with Crippen LogP contribution in [-0.4, -0.2) is 28.2 Å². The number of nitrogens with zero attached hydrogens (tertiary/aromatic N) is 1. The van der Waals surface area contributed by atoms with Crippen LogP contribution in [0.25, 0.3) is 0 Å². The van der Waals surface area contributed by atoms with Crippen LogP contribution in [0.2, 0.25) is 0 Å². The lowest BCUT2D eigenvalue weighted by Crippen LogP contribution is -2.05. The molecule has 0 unspecified atom stereocenters. The van der Waals surface area contributed by atoms with E-state index in [1.165, 1.54) is 0 Å². The Labute approximate surface area is 101 Å². The minimum Gasteiger partial charge on any atom is -0.393 e. The molecule has 0 aliphatic carbocycles. The molecule has 0 radical (unpaired) electrons. The fraction of sp³-hybridized carbons (Fsp3) is 0.538. The van der Waals surface area contributed by atoms with E-state index in [4.69, 9.17) is 0 Å². The van der Waals surface area contributed by atoms with Gasteiger partial charge in [0.25, 0.3) is 0 Å². The number of rotatable bonds is 5. The minimum atomic E-state index is -0.213. The maximum Gasteiger partial charge on any atom is 0.186 e. The van der Waals surface area contributed by atoms with Crippen LogP contribution in [0.3, 0.4) is 0 Å². The zero-order valence-electron chi connectivity index (χ0n) is 10.1. The van der Waals surface area contributed by atoms with E-state index in [0.29, 0.717) is 12.1 Å². The number of fused-ring (bicyclic) bond motifs is 1. The van der Waals surface area contributed by atoms with E-state index in [1.807, 2.05) is 13.1 Å². The molecule has 0 saturated carbocycles. The third kappa shape index (κ3) is 2.64. The minimum absolute atomic E-state index is 0.106. The highest BCUT2D eigenvalue weighted by molar-refractivity contribution is 6.09. The molecular weight excluding hydrogens is 216 g/mol. The van der Waals surface area contributed by atoms with Crippen LogP contribution in [-0.2, 0) is 6.42 Å². The topological polar surface area (TPSA) is 65.4 Å². The number of ketones is 1. The van der Waals surface area contributed by atoms with Gasteiger partial charge in [-0.05, 0) is 31.2 Å². The summed E-state index contributed by atoms with van der Waals surface area (Å²) in [6.45, 7) is 1.98. The molecule has 0 saturated heterocycles. The number of aliphatic hydroxyl groups excluding tert-OH is 1. The third-order valence-electron chi connectivity index (χ3n) is 3.16. The highest BCUT2D eigenvalue weighted by Crippen LogP contribution is 2.29. The van der Waals surface area contributed by atoms with Crippen molar-refractivity contribution in [1.82, 2.24) is 4.98 Å². The van der Waals surface area contributed by atoms with Gasteiger partial charge in [0.05, 0.1) is 11.8 Å². The monoisotopic (exact) mass is 234 g/mol. The number of carbonyl (C=O) groups is 1. The van der Waals surface area contributed by atoms with E-state index in [-0.39, 0.29) is 11.9 Å². The lowest BCUT2D eigenvalue weighted by Gasteiger charge is -2.08. The predicted octanol–water partition coefficient (Wildman–Crippen LogP) is 2.40. The van der Waals surface area contributed by atoms with Crippen LogP contribution in [0.15, 0.2) is 11.2 Å². The van der Waals surface area contributed by atoms with E-state index in [0.717, 1.165) is 36.9 Å².